The van der Waals surface area contributed by atoms with E-state index in [2.05, 4.69) is 58.5 Å². The average molecular weight is 312 g/mol. The molecule has 22 heavy (non-hydrogen) atoms. The van der Waals surface area contributed by atoms with E-state index in [-0.39, 0.29) is 11.0 Å². The molecule has 0 unspecified atom stereocenters. The number of hydrogen-bond donors (Lipinski definition) is 2. The van der Waals surface area contributed by atoms with Crippen LogP contribution in [0.5, 0.6) is 0 Å². The Bertz CT molecular complexity index is 807. The summed E-state index contributed by atoms with van der Waals surface area (Å²) in [5, 5.41) is 2.62. The molecule has 1 aromatic heterocycles. The SMILES string of the molecule is CC(C)(C)c1c[nH]c(=S)[nH]c1=O.c1ccc2ccccc2c1. The molecule has 0 radical (unpaired) electrons. The van der Waals surface area contributed by atoms with Crippen LogP contribution in [0.4, 0.5) is 0 Å². The molecule has 0 aliphatic heterocycles. The quantitative estimate of drug-likeness (QED) is 0.597. The zero-order chi connectivity index (χ0) is 16.2. The van der Waals surface area contributed by atoms with Gasteiger partial charge in [0, 0.05) is 11.8 Å². The second-order valence-electron chi connectivity index (χ2n) is 6.08. The Morgan fingerprint density at radius 3 is 1.73 bits per heavy atom. The molecule has 114 valence electrons. The second kappa shape index (κ2) is 6.71. The lowest BCUT2D eigenvalue weighted by Crippen LogP contribution is -2.24. The van der Waals surface area contributed by atoms with E-state index in [4.69, 9.17) is 12.2 Å². The van der Waals surface area contributed by atoms with Crippen molar-refractivity contribution >= 4 is 23.0 Å². The maximum atomic E-state index is 11.3. The van der Waals surface area contributed by atoms with Gasteiger partial charge >= 0.3 is 0 Å². The minimum absolute atomic E-state index is 0.105. The predicted octanol–water partition coefficient (Wildman–Crippen LogP) is 4.57. The summed E-state index contributed by atoms with van der Waals surface area (Å²) in [5.41, 5.74) is 0.468. The first-order chi connectivity index (χ1) is 10.4. The van der Waals surface area contributed by atoms with Gasteiger partial charge in [-0.05, 0) is 28.4 Å². The summed E-state index contributed by atoms with van der Waals surface area (Å²) in [6.07, 6.45) is 1.67. The van der Waals surface area contributed by atoms with Gasteiger partial charge in [0.1, 0.15) is 0 Å². The maximum absolute atomic E-state index is 11.3. The fraction of sp³-hybridized carbons (Fsp3) is 0.222. The van der Waals surface area contributed by atoms with Crippen molar-refractivity contribution in [2.75, 3.05) is 0 Å². The number of benzene rings is 2. The van der Waals surface area contributed by atoms with Crippen LogP contribution in [-0.4, -0.2) is 9.97 Å². The van der Waals surface area contributed by atoms with E-state index in [1.165, 1.54) is 10.8 Å². The van der Waals surface area contributed by atoms with Crippen molar-refractivity contribution in [2.45, 2.75) is 26.2 Å². The standard InChI is InChI=1S/C10H8.C8H12N2OS/c1-2-6-10-8-4-3-7-9(10)5-1;1-8(2,3)5-4-9-7(12)10-6(5)11/h1-8H;4H,1-3H3,(H2,9,10,11,12). The summed E-state index contributed by atoms with van der Waals surface area (Å²) < 4.78 is 0.369. The maximum Gasteiger partial charge on any atom is 0.255 e. The lowest BCUT2D eigenvalue weighted by atomic mass is 9.89. The van der Waals surface area contributed by atoms with Crippen LogP contribution in [0.3, 0.4) is 0 Å². The van der Waals surface area contributed by atoms with Crippen LogP contribution in [0, 0.1) is 4.77 Å². The number of nitrogens with one attached hydrogen (secondary N) is 2. The summed E-state index contributed by atoms with van der Waals surface area (Å²) in [5.74, 6) is 0. The first kappa shape index (κ1) is 16.2. The third-order valence-corrected chi connectivity index (χ3v) is 3.51. The number of H-pyrrole nitrogens is 2. The fourth-order valence-corrected chi connectivity index (χ4v) is 2.25. The van der Waals surface area contributed by atoms with E-state index >= 15 is 0 Å². The molecule has 0 amide bonds. The van der Waals surface area contributed by atoms with Gasteiger partial charge in [-0.15, -0.1) is 0 Å². The Labute approximate surface area is 135 Å². The molecule has 3 rings (SSSR count). The Morgan fingerprint density at radius 2 is 1.36 bits per heavy atom. The fourth-order valence-electron chi connectivity index (χ4n) is 2.10. The van der Waals surface area contributed by atoms with Crippen molar-refractivity contribution in [1.29, 1.82) is 0 Å². The summed E-state index contributed by atoms with van der Waals surface area (Å²) in [6, 6.07) is 16.7. The molecule has 0 atom stereocenters. The van der Waals surface area contributed by atoms with Gasteiger partial charge in [-0.25, -0.2) is 0 Å². The van der Waals surface area contributed by atoms with E-state index < -0.39 is 0 Å². The number of fused-ring (bicyclic) bond motifs is 1. The first-order valence-electron chi connectivity index (χ1n) is 7.14. The summed E-state index contributed by atoms with van der Waals surface area (Å²) >= 11 is 4.77. The Morgan fingerprint density at radius 1 is 0.909 bits per heavy atom. The normalized spacial score (nSPS) is 10.9. The molecule has 2 aromatic carbocycles. The van der Waals surface area contributed by atoms with Crippen LogP contribution in [0.2, 0.25) is 0 Å². The topological polar surface area (TPSA) is 48.6 Å². The molecule has 3 nitrogen and oxygen atoms in total. The van der Waals surface area contributed by atoms with Crippen LogP contribution in [0.15, 0.2) is 59.5 Å². The van der Waals surface area contributed by atoms with Crippen LogP contribution in [0.1, 0.15) is 26.3 Å². The molecule has 0 saturated heterocycles. The summed E-state index contributed by atoms with van der Waals surface area (Å²) in [7, 11) is 0. The molecule has 0 saturated carbocycles. The van der Waals surface area contributed by atoms with E-state index in [0.717, 1.165) is 5.56 Å². The first-order valence-corrected chi connectivity index (χ1v) is 7.55. The van der Waals surface area contributed by atoms with Crippen LogP contribution in [0.25, 0.3) is 10.8 Å². The van der Waals surface area contributed by atoms with Gasteiger partial charge in [-0.1, -0.05) is 69.3 Å². The highest BCUT2D eigenvalue weighted by Gasteiger charge is 2.16. The average Bonchev–Trinajstić information content (AvgIpc) is 2.46. The summed E-state index contributed by atoms with van der Waals surface area (Å²) in [6.45, 7) is 5.94. The van der Waals surface area contributed by atoms with Crippen LogP contribution < -0.4 is 5.56 Å². The lowest BCUT2D eigenvalue weighted by molar-refractivity contribution is 0.577. The lowest BCUT2D eigenvalue weighted by Gasteiger charge is -2.16. The van der Waals surface area contributed by atoms with Gasteiger partial charge in [0.15, 0.2) is 4.77 Å². The van der Waals surface area contributed by atoms with Crippen LogP contribution in [-0.2, 0) is 5.41 Å². The zero-order valence-electron chi connectivity index (χ0n) is 13.0. The smallest absolute Gasteiger partial charge is 0.255 e. The Hall–Kier alpha value is -2.20. The zero-order valence-corrected chi connectivity index (χ0v) is 13.8. The Balaban J connectivity index is 0.000000162. The minimum atomic E-state index is -0.146. The predicted molar refractivity (Wildman–Crippen MR) is 94.9 cm³/mol. The molecule has 0 bridgehead atoms. The molecular formula is C18H20N2OS. The third-order valence-electron chi connectivity index (χ3n) is 3.29. The highest BCUT2D eigenvalue weighted by molar-refractivity contribution is 7.71. The number of hydrogen-bond acceptors (Lipinski definition) is 2. The van der Waals surface area contributed by atoms with Crippen molar-refractivity contribution < 1.29 is 0 Å². The number of aromatic nitrogens is 2. The highest BCUT2D eigenvalue weighted by atomic mass is 32.1. The van der Waals surface area contributed by atoms with Gasteiger partial charge in [0.05, 0.1) is 0 Å². The molecule has 0 aliphatic carbocycles. The number of rotatable bonds is 0. The minimum Gasteiger partial charge on any atom is -0.338 e. The van der Waals surface area contributed by atoms with Gasteiger partial charge in [-0.3, -0.25) is 9.78 Å². The second-order valence-corrected chi connectivity index (χ2v) is 6.49. The monoisotopic (exact) mass is 312 g/mol. The highest BCUT2D eigenvalue weighted by Crippen LogP contribution is 2.16. The molecule has 3 aromatic rings. The van der Waals surface area contributed by atoms with Gasteiger partial charge in [0.2, 0.25) is 0 Å². The summed E-state index contributed by atoms with van der Waals surface area (Å²) in [4.78, 5) is 16.7. The molecule has 0 aliphatic rings. The van der Waals surface area contributed by atoms with Crippen molar-refractivity contribution in [3.05, 3.63) is 75.4 Å². The van der Waals surface area contributed by atoms with Crippen molar-refractivity contribution in [3.63, 3.8) is 0 Å². The van der Waals surface area contributed by atoms with Crippen molar-refractivity contribution in [1.82, 2.24) is 9.97 Å². The van der Waals surface area contributed by atoms with E-state index in [1.54, 1.807) is 6.20 Å². The Kier molecular flexibility index (Phi) is 4.93. The van der Waals surface area contributed by atoms with E-state index in [1.807, 2.05) is 20.8 Å². The molecular weight excluding hydrogens is 292 g/mol. The van der Waals surface area contributed by atoms with Crippen molar-refractivity contribution in [3.8, 4) is 0 Å². The number of aromatic amines is 2. The van der Waals surface area contributed by atoms with Crippen LogP contribution >= 0.6 is 12.2 Å². The van der Waals surface area contributed by atoms with Gasteiger partial charge in [-0.2, -0.15) is 0 Å². The molecule has 0 fully saturated rings. The van der Waals surface area contributed by atoms with Gasteiger partial charge < -0.3 is 4.98 Å². The molecule has 4 heteroatoms. The van der Waals surface area contributed by atoms with Crippen molar-refractivity contribution in [2.24, 2.45) is 0 Å². The molecule has 1 heterocycles. The molecule has 0 spiro atoms. The van der Waals surface area contributed by atoms with E-state index in [9.17, 15) is 4.79 Å². The van der Waals surface area contributed by atoms with E-state index in [0.29, 0.717) is 4.77 Å². The van der Waals surface area contributed by atoms with Gasteiger partial charge in [0.25, 0.3) is 5.56 Å². The largest absolute Gasteiger partial charge is 0.338 e. The molecule has 2 N–H and O–H groups in total. The third kappa shape index (κ3) is 4.15.